The van der Waals surface area contributed by atoms with Gasteiger partial charge in [-0.05, 0) is 6.92 Å². The fraction of sp³-hybridized carbons (Fsp3) is 0.417. The zero-order valence-electron chi connectivity index (χ0n) is 10.7. The average Bonchev–Trinajstić information content (AvgIpc) is 2.37. The van der Waals surface area contributed by atoms with Crippen molar-refractivity contribution in [1.82, 2.24) is 0 Å². The average molecular weight is 274 g/mol. The highest BCUT2D eigenvalue weighted by Gasteiger charge is 2.15. The standard InChI is InChI=1S/C12H16ClNO4/c1-7(13)12(15)14-8-5-9(16-2)11(18-4)10(6-8)17-3/h5-7H,1-4H3,(H,14,15)/t7-/m1/s1. The first-order chi connectivity index (χ1) is 8.53. The maximum atomic E-state index is 11.5. The van der Waals surface area contributed by atoms with Gasteiger partial charge in [-0.1, -0.05) is 0 Å². The number of anilines is 1. The van der Waals surface area contributed by atoms with Crippen molar-refractivity contribution in [2.75, 3.05) is 26.6 Å². The molecule has 0 heterocycles. The Morgan fingerprint density at radius 3 is 2.00 bits per heavy atom. The lowest BCUT2D eigenvalue weighted by atomic mass is 10.2. The van der Waals surface area contributed by atoms with Gasteiger partial charge in [0.15, 0.2) is 11.5 Å². The summed E-state index contributed by atoms with van der Waals surface area (Å²) in [5.74, 6) is 1.10. The Morgan fingerprint density at radius 1 is 1.17 bits per heavy atom. The van der Waals surface area contributed by atoms with Gasteiger partial charge in [0.25, 0.3) is 0 Å². The van der Waals surface area contributed by atoms with E-state index >= 15 is 0 Å². The highest BCUT2D eigenvalue weighted by atomic mass is 35.5. The van der Waals surface area contributed by atoms with Crippen molar-refractivity contribution in [3.63, 3.8) is 0 Å². The van der Waals surface area contributed by atoms with Crippen LogP contribution in [0.4, 0.5) is 5.69 Å². The number of methoxy groups -OCH3 is 3. The third kappa shape index (κ3) is 3.20. The second-order valence-electron chi connectivity index (χ2n) is 3.52. The van der Waals surface area contributed by atoms with Crippen molar-refractivity contribution >= 4 is 23.2 Å². The maximum absolute atomic E-state index is 11.5. The molecule has 0 radical (unpaired) electrons. The molecule has 0 aliphatic carbocycles. The second-order valence-corrected chi connectivity index (χ2v) is 4.17. The predicted molar refractivity (Wildman–Crippen MR) is 70.0 cm³/mol. The molecule has 0 saturated carbocycles. The van der Waals surface area contributed by atoms with Crippen molar-refractivity contribution in [2.45, 2.75) is 12.3 Å². The van der Waals surface area contributed by atoms with Crippen LogP contribution < -0.4 is 19.5 Å². The highest BCUT2D eigenvalue weighted by Crippen LogP contribution is 2.39. The van der Waals surface area contributed by atoms with Crippen molar-refractivity contribution in [1.29, 1.82) is 0 Å². The largest absolute Gasteiger partial charge is 0.493 e. The monoisotopic (exact) mass is 273 g/mol. The van der Waals surface area contributed by atoms with Gasteiger partial charge in [-0.15, -0.1) is 11.6 Å². The number of hydrogen-bond acceptors (Lipinski definition) is 4. The molecule has 5 nitrogen and oxygen atoms in total. The van der Waals surface area contributed by atoms with Gasteiger partial charge in [0.05, 0.1) is 21.3 Å². The van der Waals surface area contributed by atoms with Crippen LogP contribution in [0.25, 0.3) is 0 Å². The zero-order valence-corrected chi connectivity index (χ0v) is 11.5. The van der Waals surface area contributed by atoms with E-state index in [1.54, 1.807) is 19.1 Å². The summed E-state index contributed by atoms with van der Waals surface area (Å²) in [5, 5.41) is 2.03. The Labute approximate surface area is 111 Å². The molecule has 0 aliphatic heterocycles. The van der Waals surface area contributed by atoms with E-state index < -0.39 is 5.38 Å². The predicted octanol–water partition coefficient (Wildman–Crippen LogP) is 2.28. The van der Waals surface area contributed by atoms with Crippen LogP contribution in [0.3, 0.4) is 0 Å². The first-order valence-corrected chi connectivity index (χ1v) is 5.72. The van der Waals surface area contributed by atoms with Gasteiger partial charge >= 0.3 is 0 Å². The van der Waals surface area contributed by atoms with E-state index in [4.69, 9.17) is 25.8 Å². The molecule has 1 aromatic carbocycles. The summed E-state index contributed by atoms with van der Waals surface area (Å²) in [4.78, 5) is 11.5. The van der Waals surface area contributed by atoms with E-state index in [9.17, 15) is 4.79 Å². The minimum atomic E-state index is -0.621. The van der Waals surface area contributed by atoms with E-state index in [1.807, 2.05) is 0 Å². The molecule has 6 heteroatoms. The number of amides is 1. The summed E-state index contributed by atoms with van der Waals surface area (Å²) in [6, 6.07) is 3.27. The van der Waals surface area contributed by atoms with Crippen molar-refractivity contribution in [2.24, 2.45) is 0 Å². The second kappa shape index (κ2) is 6.35. The number of halogens is 1. The summed E-state index contributed by atoms with van der Waals surface area (Å²) in [7, 11) is 4.53. The van der Waals surface area contributed by atoms with Gasteiger partial charge in [-0.2, -0.15) is 0 Å². The van der Waals surface area contributed by atoms with Crippen LogP contribution in [0, 0.1) is 0 Å². The van der Waals surface area contributed by atoms with Crippen LogP contribution in [0.5, 0.6) is 17.2 Å². The SMILES string of the molecule is COc1cc(NC(=O)[C@@H](C)Cl)cc(OC)c1OC. The smallest absolute Gasteiger partial charge is 0.242 e. The highest BCUT2D eigenvalue weighted by molar-refractivity contribution is 6.32. The van der Waals surface area contributed by atoms with Gasteiger partial charge in [0.2, 0.25) is 11.7 Å². The molecule has 0 bridgehead atoms. The summed E-state index contributed by atoms with van der Waals surface area (Å²) >= 11 is 5.68. The van der Waals surface area contributed by atoms with Gasteiger partial charge in [-0.3, -0.25) is 4.79 Å². The topological polar surface area (TPSA) is 56.8 Å². The van der Waals surface area contributed by atoms with Crippen LogP contribution in [0.15, 0.2) is 12.1 Å². The Hall–Kier alpha value is -1.62. The van der Waals surface area contributed by atoms with Gasteiger partial charge in [-0.25, -0.2) is 0 Å². The van der Waals surface area contributed by atoms with E-state index in [0.29, 0.717) is 22.9 Å². The van der Waals surface area contributed by atoms with Crippen molar-refractivity contribution in [3.8, 4) is 17.2 Å². The summed E-state index contributed by atoms with van der Waals surface area (Å²) in [5.41, 5.74) is 0.530. The molecule has 1 N–H and O–H groups in total. The van der Waals surface area contributed by atoms with Gasteiger partial charge in [0, 0.05) is 17.8 Å². The molecule has 0 unspecified atom stereocenters. The molecule has 1 rings (SSSR count). The Bertz CT molecular complexity index is 409. The summed E-state index contributed by atoms with van der Waals surface area (Å²) in [6.45, 7) is 1.59. The fourth-order valence-corrected chi connectivity index (χ4v) is 1.45. The maximum Gasteiger partial charge on any atom is 0.242 e. The first kappa shape index (κ1) is 14.4. The number of carbonyl (C=O) groups excluding carboxylic acids is 1. The molecule has 0 saturated heterocycles. The van der Waals surface area contributed by atoms with Crippen LogP contribution in [0.2, 0.25) is 0 Å². The lowest BCUT2D eigenvalue weighted by molar-refractivity contribution is -0.115. The molecular weight excluding hydrogens is 258 g/mol. The van der Waals surface area contributed by atoms with E-state index in [1.165, 1.54) is 21.3 Å². The Balaban J connectivity index is 3.11. The van der Waals surface area contributed by atoms with E-state index in [-0.39, 0.29) is 5.91 Å². The van der Waals surface area contributed by atoms with Gasteiger partial charge < -0.3 is 19.5 Å². The normalized spacial score (nSPS) is 11.6. The molecule has 1 amide bonds. The molecule has 0 fully saturated rings. The minimum absolute atomic E-state index is 0.300. The Kier molecular flexibility index (Phi) is 5.09. The molecular formula is C12H16ClNO4. The van der Waals surface area contributed by atoms with E-state index in [0.717, 1.165) is 0 Å². The van der Waals surface area contributed by atoms with Crippen LogP contribution >= 0.6 is 11.6 Å². The number of nitrogens with one attached hydrogen (secondary N) is 1. The Morgan fingerprint density at radius 2 is 1.67 bits per heavy atom. The van der Waals surface area contributed by atoms with Crippen LogP contribution in [-0.4, -0.2) is 32.6 Å². The summed E-state index contributed by atoms with van der Waals surface area (Å²) in [6.07, 6.45) is 0. The third-order valence-corrected chi connectivity index (χ3v) is 2.49. The lowest BCUT2D eigenvalue weighted by Gasteiger charge is -2.14. The lowest BCUT2D eigenvalue weighted by Crippen LogP contribution is -2.20. The molecule has 0 aromatic heterocycles. The third-order valence-electron chi connectivity index (χ3n) is 2.29. The molecule has 1 atom stereocenters. The van der Waals surface area contributed by atoms with Crippen LogP contribution in [-0.2, 0) is 4.79 Å². The number of hydrogen-bond donors (Lipinski definition) is 1. The molecule has 0 aliphatic rings. The summed E-state index contributed by atoms with van der Waals surface area (Å²) < 4.78 is 15.5. The zero-order chi connectivity index (χ0) is 13.7. The number of ether oxygens (including phenoxy) is 3. The molecule has 18 heavy (non-hydrogen) atoms. The van der Waals surface area contributed by atoms with Crippen molar-refractivity contribution < 1.29 is 19.0 Å². The number of rotatable bonds is 5. The quantitative estimate of drug-likeness (QED) is 0.836. The molecule has 100 valence electrons. The number of alkyl halides is 1. The number of benzene rings is 1. The molecule has 0 spiro atoms. The van der Waals surface area contributed by atoms with E-state index in [2.05, 4.69) is 5.32 Å². The molecule has 1 aromatic rings. The fourth-order valence-electron chi connectivity index (χ4n) is 1.39. The first-order valence-electron chi connectivity index (χ1n) is 5.28. The van der Waals surface area contributed by atoms with Crippen molar-refractivity contribution in [3.05, 3.63) is 12.1 Å². The van der Waals surface area contributed by atoms with Gasteiger partial charge in [0.1, 0.15) is 5.38 Å². The number of carbonyl (C=O) groups is 1. The van der Waals surface area contributed by atoms with Crippen LogP contribution in [0.1, 0.15) is 6.92 Å². The minimum Gasteiger partial charge on any atom is -0.493 e.